The van der Waals surface area contributed by atoms with E-state index in [9.17, 15) is 4.79 Å². The van der Waals surface area contributed by atoms with Crippen LogP contribution in [0.4, 0.5) is 0 Å². The van der Waals surface area contributed by atoms with Crippen molar-refractivity contribution in [3.63, 3.8) is 0 Å². The molecular weight excluding hydrogens is 332 g/mol. The molecule has 1 heterocycles. The maximum Gasteiger partial charge on any atom is 0.344 e. The zero-order valence-corrected chi connectivity index (χ0v) is 14.6. The summed E-state index contributed by atoms with van der Waals surface area (Å²) in [4.78, 5) is 16.8. The first kappa shape index (κ1) is 19.5. The third-order valence-electron chi connectivity index (χ3n) is 3.81. The normalized spacial score (nSPS) is 14.0. The minimum absolute atomic E-state index is 0.420. The Kier molecular flexibility index (Phi) is 7.67. The van der Waals surface area contributed by atoms with E-state index in [4.69, 9.17) is 20.8 Å². The quantitative estimate of drug-likeness (QED) is 0.392. The number of hydrogen-bond donors (Lipinski definition) is 2. The summed E-state index contributed by atoms with van der Waals surface area (Å²) in [5.74, 6) is 5.80. The molecule has 0 atom stereocenters. The van der Waals surface area contributed by atoms with Crippen LogP contribution in [-0.2, 0) is 9.57 Å². The van der Waals surface area contributed by atoms with Crippen molar-refractivity contribution in [1.29, 1.82) is 0 Å². The molecule has 0 fully saturated rings. The zero-order chi connectivity index (χ0) is 18.8. The lowest BCUT2D eigenvalue weighted by Crippen LogP contribution is -2.30. The average Bonchev–Trinajstić information content (AvgIpc) is 2.84. The summed E-state index contributed by atoms with van der Waals surface area (Å²) in [6.07, 6.45) is 14.2. The summed E-state index contributed by atoms with van der Waals surface area (Å²) < 4.78 is 11.2. The molecule has 0 aliphatic heterocycles. The van der Waals surface area contributed by atoms with Gasteiger partial charge in [-0.1, -0.05) is 18.7 Å². The third-order valence-corrected chi connectivity index (χ3v) is 3.81. The van der Waals surface area contributed by atoms with Gasteiger partial charge in [0, 0.05) is 11.6 Å². The van der Waals surface area contributed by atoms with Gasteiger partial charge in [-0.15, -0.1) is 0 Å². The van der Waals surface area contributed by atoms with Crippen LogP contribution in [0.15, 0.2) is 58.1 Å². The monoisotopic (exact) mass is 356 g/mol. The molecule has 1 aliphatic rings. The van der Waals surface area contributed by atoms with Gasteiger partial charge in [-0.3, -0.25) is 0 Å². The Morgan fingerprint density at radius 1 is 1.31 bits per heavy atom. The molecule has 1 aliphatic carbocycles. The van der Waals surface area contributed by atoms with Crippen LogP contribution < -0.4 is 27.9 Å². The second-order valence-corrected chi connectivity index (χ2v) is 5.61. The number of fused-ring (bicyclic) bond motifs is 1. The largest absolute Gasteiger partial charge is 0.498 e. The Bertz CT molecular complexity index is 891. The minimum Gasteiger partial charge on any atom is -0.498 e. The third kappa shape index (κ3) is 5.34. The first-order valence-corrected chi connectivity index (χ1v) is 8.40. The van der Waals surface area contributed by atoms with Gasteiger partial charge < -0.3 is 19.7 Å². The summed E-state index contributed by atoms with van der Waals surface area (Å²) in [7, 11) is 0. The zero-order valence-electron chi connectivity index (χ0n) is 14.6. The number of allylic oxidation sites excluding steroid dienone is 6. The van der Waals surface area contributed by atoms with Crippen LogP contribution in [-0.4, -0.2) is 13.2 Å². The molecule has 1 aromatic heterocycles. The van der Waals surface area contributed by atoms with Crippen molar-refractivity contribution in [3.05, 3.63) is 75.5 Å². The second-order valence-electron chi connectivity index (χ2n) is 5.61. The molecule has 0 spiro atoms. The van der Waals surface area contributed by atoms with Gasteiger partial charge >= 0.3 is 5.63 Å². The molecule has 2 rings (SSSR count). The average molecular weight is 356 g/mol. The van der Waals surface area contributed by atoms with E-state index < -0.39 is 5.63 Å². The molecule has 4 N–H and O–H groups in total. The highest BCUT2D eigenvalue weighted by Gasteiger charge is 2.08. The second kappa shape index (κ2) is 10.2. The fourth-order valence-corrected chi connectivity index (χ4v) is 2.46. The van der Waals surface area contributed by atoms with Gasteiger partial charge in [0.1, 0.15) is 5.42 Å². The summed E-state index contributed by atoms with van der Waals surface area (Å²) >= 11 is 0. The van der Waals surface area contributed by atoms with E-state index in [2.05, 4.69) is 11.4 Å². The molecule has 0 aromatic carbocycles. The molecule has 0 amide bonds. The van der Waals surface area contributed by atoms with Gasteiger partial charge in [-0.05, 0) is 55.0 Å². The first-order valence-electron chi connectivity index (χ1n) is 8.40. The summed E-state index contributed by atoms with van der Waals surface area (Å²) in [5.41, 5.74) is 6.54. The van der Waals surface area contributed by atoms with Gasteiger partial charge in [0.25, 0.3) is 0 Å². The lowest BCUT2D eigenvalue weighted by atomic mass is 10.1. The predicted octanol–water partition coefficient (Wildman–Crippen LogP) is 1.22. The van der Waals surface area contributed by atoms with E-state index in [0.717, 1.165) is 23.8 Å². The topological polar surface area (TPSA) is 101 Å². The summed E-state index contributed by atoms with van der Waals surface area (Å²) in [6.45, 7) is 4.83. The van der Waals surface area contributed by atoms with Crippen LogP contribution in [0.2, 0.25) is 0 Å². The van der Waals surface area contributed by atoms with E-state index in [1.54, 1.807) is 24.3 Å². The van der Waals surface area contributed by atoms with E-state index in [0.29, 0.717) is 36.2 Å². The molecular formula is C20H24N2O4. The van der Waals surface area contributed by atoms with Crippen LogP contribution in [0.1, 0.15) is 24.8 Å². The number of nitrogens with two attached hydrogens (primary N) is 2. The Hall–Kier alpha value is -2.83. The Morgan fingerprint density at radius 2 is 2.12 bits per heavy atom. The van der Waals surface area contributed by atoms with Crippen molar-refractivity contribution in [2.24, 2.45) is 11.6 Å². The SMILES string of the molecule is C=C/C(=C\C=C\N)c1cc2c(oc1=O)=CCC(OCCCCON)=CC=2. The molecule has 138 valence electrons. The van der Waals surface area contributed by atoms with Crippen LogP contribution >= 0.6 is 0 Å². The summed E-state index contributed by atoms with van der Waals surface area (Å²) in [5, 5.41) is 0.805. The minimum atomic E-state index is -0.420. The standard InChI is InChI=1S/C20H24N2O4/c1-2-15(6-5-11-21)18-14-16-7-8-17(24-12-3-4-13-25-22)9-10-19(16)26-20(18)23/h2,5-8,10-11,14H,1,3-4,9,12-13,21-22H2/b11-5+,15-6+. The van der Waals surface area contributed by atoms with E-state index >= 15 is 0 Å². The molecule has 0 saturated heterocycles. The fourth-order valence-electron chi connectivity index (χ4n) is 2.46. The molecule has 1 aromatic rings. The molecule has 6 heteroatoms. The van der Waals surface area contributed by atoms with Crippen LogP contribution in [0.25, 0.3) is 17.7 Å². The summed E-state index contributed by atoms with van der Waals surface area (Å²) in [6, 6.07) is 1.79. The smallest absolute Gasteiger partial charge is 0.344 e. The molecule has 0 saturated carbocycles. The first-order chi connectivity index (χ1) is 12.7. The van der Waals surface area contributed by atoms with E-state index in [1.807, 2.05) is 18.2 Å². The van der Waals surface area contributed by atoms with Crippen molar-refractivity contribution in [1.82, 2.24) is 0 Å². The van der Waals surface area contributed by atoms with Crippen LogP contribution in [0, 0.1) is 0 Å². The van der Waals surface area contributed by atoms with Crippen molar-refractivity contribution >= 4 is 17.7 Å². The van der Waals surface area contributed by atoms with Gasteiger partial charge in [-0.25, -0.2) is 10.7 Å². The molecule has 0 radical (unpaired) electrons. The number of ether oxygens (including phenoxy) is 1. The van der Waals surface area contributed by atoms with Crippen molar-refractivity contribution in [2.75, 3.05) is 13.2 Å². The Labute approximate surface area is 152 Å². The fraction of sp³-hybridized carbons (Fsp3) is 0.250. The van der Waals surface area contributed by atoms with Crippen LogP contribution in [0.5, 0.6) is 0 Å². The Morgan fingerprint density at radius 3 is 2.85 bits per heavy atom. The maximum atomic E-state index is 12.3. The van der Waals surface area contributed by atoms with Crippen molar-refractivity contribution < 1.29 is 14.0 Å². The van der Waals surface area contributed by atoms with Crippen molar-refractivity contribution in [2.45, 2.75) is 19.3 Å². The molecule has 26 heavy (non-hydrogen) atoms. The van der Waals surface area contributed by atoms with Gasteiger partial charge in [-0.2, -0.15) is 0 Å². The predicted molar refractivity (Wildman–Crippen MR) is 103 cm³/mol. The number of rotatable bonds is 9. The highest BCUT2D eigenvalue weighted by molar-refractivity contribution is 5.74. The highest BCUT2D eigenvalue weighted by atomic mass is 16.6. The molecule has 0 bridgehead atoms. The van der Waals surface area contributed by atoms with Crippen molar-refractivity contribution in [3.8, 4) is 0 Å². The van der Waals surface area contributed by atoms with Gasteiger partial charge in [0.2, 0.25) is 0 Å². The van der Waals surface area contributed by atoms with Crippen LogP contribution in [0.3, 0.4) is 0 Å². The molecule has 0 unspecified atom stereocenters. The number of unbranched alkanes of at least 4 members (excludes halogenated alkanes) is 1. The number of hydrogen-bond acceptors (Lipinski definition) is 6. The van der Waals surface area contributed by atoms with E-state index in [-0.39, 0.29) is 0 Å². The van der Waals surface area contributed by atoms with Gasteiger partial charge in [0.15, 0.2) is 0 Å². The maximum absolute atomic E-state index is 12.3. The highest BCUT2D eigenvalue weighted by Crippen LogP contribution is 2.11. The lowest BCUT2D eigenvalue weighted by molar-refractivity contribution is 0.123. The lowest BCUT2D eigenvalue weighted by Gasteiger charge is -2.07. The Balaban J connectivity index is 2.25. The molecule has 6 nitrogen and oxygen atoms in total. The van der Waals surface area contributed by atoms with Gasteiger partial charge in [0.05, 0.1) is 24.5 Å². The van der Waals surface area contributed by atoms with E-state index in [1.165, 1.54) is 6.20 Å².